The number of allylic oxidation sites excluding steroid dienone is 1. The van der Waals surface area contributed by atoms with Gasteiger partial charge in [-0.25, -0.2) is 0 Å². The van der Waals surface area contributed by atoms with Crippen molar-refractivity contribution in [3.05, 3.63) is 11.6 Å². The molecule has 1 saturated carbocycles. The molecule has 0 unspecified atom stereocenters. The van der Waals surface area contributed by atoms with Crippen LogP contribution in [0.2, 0.25) is 0 Å². The van der Waals surface area contributed by atoms with Gasteiger partial charge in [0, 0.05) is 0 Å². The Balaban J connectivity index is 2.38. The van der Waals surface area contributed by atoms with Crippen LogP contribution in [0.15, 0.2) is 11.6 Å². The highest BCUT2D eigenvalue weighted by Gasteiger charge is 2.46. The molecule has 0 aromatic rings. The number of fused-ring (bicyclic) bond motifs is 1. The van der Waals surface area contributed by atoms with Gasteiger partial charge >= 0.3 is 0 Å². The first-order chi connectivity index (χ1) is 6.95. The molecule has 0 amide bonds. The Morgan fingerprint density at radius 1 is 1.47 bits per heavy atom. The summed E-state index contributed by atoms with van der Waals surface area (Å²) in [5.41, 5.74) is 0.904. The molecule has 2 N–H and O–H groups in total. The van der Waals surface area contributed by atoms with Crippen LogP contribution >= 0.6 is 0 Å². The van der Waals surface area contributed by atoms with Gasteiger partial charge < -0.3 is 10.2 Å². The topological polar surface area (TPSA) is 57.5 Å². The minimum Gasteiger partial charge on any atom is -0.393 e. The minimum absolute atomic E-state index is 0.111. The summed E-state index contributed by atoms with van der Waals surface area (Å²) in [6.07, 6.45) is 2.36. The first-order valence-corrected chi connectivity index (χ1v) is 5.56. The molecule has 1 fully saturated rings. The maximum absolute atomic E-state index is 11.4. The summed E-state index contributed by atoms with van der Waals surface area (Å²) >= 11 is 0. The van der Waals surface area contributed by atoms with Gasteiger partial charge in [0.15, 0.2) is 5.78 Å². The van der Waals surface area contributed by atoms with Crippen LogP contribution in [-0.4, -0.2) is 28.2 Å². The first kappa shape index (κ1) is 10.8. The maximum atomic E-state index is 11.4. The highest BCUT2D eigenvalue weighted by molar-refractivity contribution is 5.95. The summed E-state index contributed by atoms with van der Waals surface area (Å²) < 4.78 is 0. The van der Waals surface area contributed by atoms with Gasteiger partial charge in [-0.05, 0) is 36.7 Å². The lowest BCUT2D eigenvalue weighted by Gasteiger charge is -2.47. The second-order valence-electron chi connectivity index (χ2n) is 5.10. The molecule has 2 aliphatic carbocycles. The minimum atomic E-state index is -0.883. The van der Waals surface area contributed by atoms with Gasteiger partial charge in [-0.2, -0.15) is 0 Å². The van der Waals surface area contributed by atoms with Crippen molar-refractivity contribution in [1.29, 1.82) is 0 Å². The summed E-state index contributed by atoms with van der Waals surface area (Å²) in [6.45, 7) is 4.04. The summed E-state index contributed by atoms with van der Waals surface area (Å²) in [6, 6.07) is 0. The Morgan fingerprint density at radius 3 is 2.80 bits per heavy atom. The average Bonchev–Trinajstić information content (AvgIpc) is 2.18. The number of aliphatic hydroxyl groups excluding tert-OH is 2. The number of aliphatic hydroxyl groups is 2. The van der Waals surface area contributed by atoms with Crippen LogP contribution in [0.4, 0.5) is 0 Å². The molecule has 0 aliphatic heterocycles. The smallest absolute Gasteiger partial charge is 0.184 e. The Bertz CT molecular complexity index is 321. The Kier molecular flexibility index (Phi) is 2.47. The van der Waals surface area contributed by atoms with Crippen LogP contribution in [0.5, 0.6) is 0 Å². The number of rotatable bonds is 0. The highest BCUT2D eigenvalue weighted by Crippen LogP contribution is 2.49. The molecule has 2 aliphatic rings. The largest absolute Gasteiger partial charge is 0.393 e. The second-order valence-corrected chi connectivity index (χ2v) is 5.10. The van der Waals surface area contributed by atoms with E-state index in [1.54, 1.807) is 6.08 Å². The Morgan fingerprint density at radius 2 is 2.13 bits per heavy atom. The fraction of sp³-hybridized carbons (Fsp3) is 0.750. The fourth-order valence-electron chi connectivity index (χ4n) is 2.88. The zero-order chi connectivity index (χ0) is 11.2. The molecule has 15 heavy (non-hydrogen) atoms. The third kappa shape index (κ3) is 1.54. The molecule has 0 heterocycles. The van der Waals surface area contributed by atoms with E-state index in [4.69, 9.17) is 0 Å². The predicted octanol–water partition coefficient (Wildman–Crippen LogP) is 1.04. The summed E-state index contributed by atoms with van der Waals surface area (Å²) in [5, 5.41) is 19.5. The monoisotopic (exact) mass is 210 g/mol. The van der Waals surface area contributed by atoms with E-state index >= 15 is 0 Å². The Hall–Kier alpha value is -0.670. The molecule has 0 spiro atoms. The maximum Gasteiger partial charge on any atom is 0.184 e. The number of carbonyl (C=O) groups excluding carboxylic acids is 1. The van der Waals surface area contributed by atoms with E-state index in [1.807, 2.05) is 13.8 Å². The molecule has 0 saturated heterocycles. The van der Waals surface area contributed by atoms with Gasteiger partial charge in [-0.1, -0.05) is 19.4 Å². The summed E-state index contributed by atoms with van der Waals surface area (Å²) in [4.78, 5) is 11.4. The van der Waals surface area contributed by atoms with Gasteiger partial charge in [0.05, 0.1) is 6.10 Å². The molecular formula is C12H18O3. The van der Waals surface area contributed by atoms with Crippen LogP contribution in [0.1, 0.15) is 33.1 Å². The molecule has 2 rings (SSSR count). The molecule has 0 bridgehead atoms. The third-order valence-corrected chi connectivity index (χ3v) is 4.29. The van der Waals surface area contributed by atoms with E-state index in [9.17, 15) is 15.0 Å². The number of hydrogen-bond acceptors (Lipinski definition) is 3. The normalized spacial score (nSPS) is 46.0. The van der Waals surface area contributed by atoms with E-state index < -0.39 is 6.10 Å². The van der Waals surface area contributed by atoms with Crippen LogP contribution in [0, 0.1) is 11.3 Å². The molecular weight excluding hydrogens is 192 g/mol. The number of carbonyl (C=O) groups is 1. The van der Waals surface area contributed by atoms with Gasteiger partial charge in [-0.15, -0.1) is 0 Å². The van der Waals surface area contributed by atoms with Crippen molar-refractivity contribution < 1.29 is 15.0 Å². The van der Waals surface area contributed by atoms with Gasteiger partial charge in [0.2, 0.25) is 0 Å². The van der Waals surface area contributed by atoms with E-state index in [0.717, 1.165) is 18.4 Å². The fourth-order valence-corrected chi connectivity index (χ4v) is 2.88. The first-order valence-electron chi connectivity index (χ1n) is 5.56. The van der Waals surface area contributed by atoms with E-state index in [1.165, 1.54) is 0 Å². The Labute approximate surface area is 89.8 Å². The standard InChI is InChI=1S/C12H18O3/c1-7-9(13)4-3-8-5-10(14)11(15)6-12(7,8)2/h5,7,9,11,13,15H,3-4,6H2,1-2H3/t7-,9+,11+,12-/m0/s1. The molecule has 0 aromatic carbocycles. The average molecular weight is 210 g/mol. The van der Waals surface area contributed by atoms with Crippen LogP contribution in [0.25, 0.3) is 0 Å². The van der Waals surface area contributed by atoms with Crippen LogP contribution in [0.3, 0.4) is 0 Å². The molecule has 84 valence electrons. The van der Waals surface area contributed by atoms with Crippen molar-refractivity contribution in [2.45, 2.75) is 45.3 Å². The molecule has 3 heteroatoms. The zero-order valence-electron chi connectivity index (χ0n) is 9.23. The lowest BCUT2D eigenvalue weighted by Crippen LogP contribution is -2.46. The van der Waals surface area contributed by atoms with Crippen molar-refractivity contribution in [2.75, 3.05) is 0 Å². The van der Waals surface area contributed by atoms with Crippen molar-refractivity contribution in [3.63, 3.8) is 0 Å². The lowest BCUT2D eigenvalue weighted by atomic mass is 9.59. The van der Waals surface area contributed by atoms with Crippen LogP contribution in [-0.2, 0) is 4.79 Å². The summed E-state index contributed by atoms with van der Waals surface area (Å²) in [7, 11) is 0. The van der Waals surface area contributed by atoms with Crippen LogP contribution < -0.4 is 0 Å². The summed E-state index contributed by atoms with van der Waals surface area (Å²) in [5.74, 6) is -0.0636. The zero-order valence-corrected chi connectivity index (χ0v) is 9.23. The van der Waals surface area contributed by atoms with Gasteiger partial charge in [-0.3, -0.25) is 4.79 Å². The molecule has 0 aromatic heterocycles. The highest BCUT2D eigenvalue weighted by atomic mass is 16.3. The van der Waals surface area contributed by atoms with E-state index in [-0.39, 0.29) is 23.2 Å². The molecule has 4 atom stereocenters. The quantitative estimate of drug-likeness (QED) is 0.628. The number of ketones is 1. The SMILES string of the molecule is C[C@H]1[C@H](O)CCC2=CC(=O)[C@H](O)C[C@]21C. The lowest BCUT2D eigenvalue weighted by molar-refractivity contribution is -0.126. The van der Waals surface area contributed by atoms with Gasteiger partial charge in [0.25, 0.3) is 0 Å². The van der Waals surface area contributed by atoms with Crippen molar-refractivity contribution in [1.82, 2.24) is 0 Å². The van der Waals surface area contributed by atoms with E-state index in [0.29, 0.717) is 6.42 Å². The van der Waals surface area contributed by atoms with Crippen molar-refractivity contribution in [3.8, 4) is 0 Å². The van der Waals surface area contributed by atoms with Crippen molar-refractivity contribution in [2.24, 2.45) is 11.3 Å². The van der Waals surface area contributed by atoms with Gasteiger partial charge in [0.1, 0.15) is 6.10 Å². The molecule has 0 radical (unpaired) electrons. The second kappa shape index (κ2) is 3.42. The van der Waals surface area contributed by atoms with Crippen molar-refractivity contribution >= 4 is 5.78 Å². The third-order valence-electron chi connectivity index (χ3n) is 4.29. The predicted molar refractivity (Wildman–Crippen MR) is 56.2 cm³/mol. The van der Waals surface area contributed by atoms with E-state index in [2.05, 4.69) is 0 Å². The number of hydrogen-bond donors (Lipinski definition) is 2. The molecule has 3 nitrogen and oxygen atoms in total.